The van der Waals surface area contributed by atoms with Gasteiger partial charge in [-0.25, -0.2) is 0 Å². The van der Waals surface area contributed by atoms with Crippen LogP contribution in [0.4, 0.5) is 0 Å². The highest BCUT2D eigenvalue weighted by atomic mass is 16.3. The SMILES string of the molecule is CCC1C=CCN1C(=O)c1oc2cc(C)ccc2c1C. The van der Waals surface area contributed by atoms with Crippen LogP contribution in [0.3, 0.4) is 0 Å². The highest BCUT2D eigenvalue weighted by molar-refractivity contribution is 5.99. The second-order valence-corrected chi connectivity index (χ2v) is 5.42. The summed E-state index contributed by atoms with van der Waals surface area (Å²) in [7, 11) is 0. The number of hydrogen-bond acceptors (Lipinski definition) is 2. The summed E-state index contributed by atoms with van der Waals surface area (Å²) in [6, 6.07) is 6.25. The van der Waals surface area contributed by atoms with Crippen molar-refractivity contribution in [3.8, 4) is 0 Å². The predicted molar refractivity (Wildman–Crippen MR) is 79.9 cm³/mol. The van der Waals surface area contributed by atoms with Gasteiger partial charge in [0, 0.05) is 17.5 Å². The molecule has 20 heavy (non-hydrogen) atoms. The van der Waals surface area contributed by atoms with Crippen molar-refractivity contribution >= 4 is 16.9 Å². The highest BCUT2D eigenvalue weighted by Gasteiger charge is 2.28. The molecule has 1 unspecified atom stereocenters. The Kier molecular flexibility index (Phi) is 3.13. The lowest BCUT2D eigenvalue weighted by molar-refractivity contribution is 0.0717. The summed E-state index contributed by atoms with van der Waals surface area (Å²) in [6.45, 7) is 6.75. The smallest absolute Gasteiger partial charge is 0.290 e. The van der Waals surface area contributed by atoms with Crippen molar-refractivity contribution in [2.24, 2.45) is 0 Å². The molecule has 2 heterocycles. The first-order valence-corrected chi connectivity index (χ1v) is 7.09. The Morgan fingerprint density at radius 2 is 2.20 bits per heavy atom. The van der Waals surface area contributed by atoms with Crippen molar-refractivity contribution in [3.63, 3.8) is 0 Å². The van der Waals surface area contributed by atoms with Gasteiger partial charge in [0.05, 0.1) is 6.04 Å². The molecular weight excluding hydrogens is 250 g/mol. The van der Waals surface area contributed by atoms with Crippen molar-refractivity contribution < 1.29 is 9.21 Å². The summed E-state index contributed by atoms with van der Waals surface area (Å²) in [4.78, 5) is 14.6. The van der Waals surface area contributed by atoms with Gasteiger partial charge in [0.2, 0.25) is 0 Å². The van der Waals surface area contributed by atoms with E-state index in [1.807, 2.05) is 43.0 Å². The summed E-state index contributed by atoms with van der Waals surface area (Å²) >= 11 is 0. The number of amides is 1. The summed E-state index contributed by atoms with van der Waals surface area (Å²) in [6.07, 6.45) is 5.08. The van der Waals surface area contributed by atoms with E-state index in [2.05, 4.69) is 13.0 Å². The summed E-state index contributed by atoms with van der Waals surface area (Å²) in [5, 5.41) is 1.03. The monoisotopic (exact) mass is 269 g/mol. The lowest BCUT2D eigenvalue weighted by atomic mass is 10.1. The zero-order valence-corrected chi connectivity index (χ0v) is 12.1. The number of aryl methyl sites for hydroxylation is 2. The molecule has 3 nitrogen and oxygen atoms in total. The van der Waals surface area contributed by atoms with Crippen molar-refractivity contribution in [2.45, 2.75) is 33.2 Å². The van der Waals surface area contributed by atoms with Crippen LogP contribution in [-0.2, 0) is 0 Å². The fraction of sp³-hybridized carbons (Fsp3) is 0.353. The van der Waals surface area contributed by atoms with E-state index in [-0.39, 0.29) is 11.9 Å². The summed E-state index contributed by atoms with van der Waals surface area (Å²) in [5.41, 5.74) is 2.87. The van der Waals surface area contributed by atoms with E-state index in [1.165, 1.54) is 0 Å². The van der Waals surface area contributed by atoms with Crippen LogP contribution in [-0.4, -0.2) is 23.4 Å². The van der Waals surface area contributed by atoms with Gasteiger partial charge in [-0.3, -0.25) is 4.79 Å². The quantitative estimate of drug-likeness (QED) is 0.776. The zero-order valence-electron chi connectivity index (χ0n) is 12.1. The van der Waals surface area contributed by atoms with Crippen molar-refractivity contribution in [1.29, 1.82) is 0 Å². The molecule has 0 radical (unpaired) electrons. The standard InChI is InChI=1S/C17H19NO2/c1-4-13-6-5-9-18(13)17(19)16-12(3)14-8-7-11(2)10-15(14)20-16/h5-8,10,13H,4,9H2,1-3H3. The number of carbonyl (C=O) groups is 1. The van der Waals surface area contributed by atoms with Gasteiger partial charge in [-0.1, -0.05) is 31.2 Å². The minimum atomic E-state index is -0.00629. The van der Waals surface area contributed by atoms with Gasteiger partial charge < -0.3 is 9.32 Å². The van der Waals surface area contributed by atoms with E-state index in [0.29, 0.717) is 12.3 Å². The third-order valence-electron chi connectivity index (χ3n) is 4.03. The predicted octanol–water partition coefficient (Wildman–Crippen LogP) is 3.84. The number of fused-ring (bicyclic) bond motifs is 1. The third-order valence-corrected chi connectivity index (χ3v) is 4.03. The maximum atomic E-state index is 12.7. The molecule has 1 aliphatic rings. The molecule has 0 spiro atoms. The van der Waals surface area contributed by atoms with Crippen LogP contribution in [0.1, 0.15) is 35.0 Å². The highest BCUT2D eigenvalue weighted by Crippen LogP contribution is 2.28. The van der Waals surface area contributed by atoms with Crippen LogP contribution in [0, 0.1) is 13.8 Å². The minimum absolute atomic E-state index is 0.00629. The normalized spacial score (nSPS) is 18.1. The molecular formula is C17H19NO2. The Hall–Kier alpha value is -2.03. The average Bonchev–Trinajstić information content (AvgIpc) is 3.02. The van der Waals surface area contributed by atoms with Crippen molar-refractivity contribution in [1.82, 2.24) is 4.90 Å². The van der Waals surface area contributed by atoms with Gasteiger partial charge in [-0.15, -0.1) is 0 Å². The third kappa shape index (κ3) is 1.94. The van der Waals surface area contributed by atoms with E-state index >= 15 is 0 Å². The number of furan rings is 1. The Labute approximate surface area is 118 Å². The number of carbonyl (C=O) groups excluding carboxylic acids is 1. The van der Waals surface area contributed by atoms with E-state index in [0.717, 1.165) is 28.5 Å². The first kappa shape index (κ1) is 13.0. The number of nitrogens with zero attached hydrogens (tertiary/aromatic N) is 1. The van der Waals surface area contributed by atoms with E-state index in [4.69, 9.17) is 4.42 Å². The molecule has 0 fully saturated rings. The van der Waals surface area contributed by atoms with Crippen molar-refractivity contribution in [2.75, 3.05) is 6.54 Å². The molecule has 1 aromatic carbocycles. The molecule has 1 aliphatic heterocycles. The Bertz CT molecular complexity index is 696. The molecule has 1 amide bonds. The number of hydrogen-bond donors (Lipinski definition) is 0. The van der Waals surface area contributed by atoms with Gasteiger partial charge in [0.15, 0.2) is 5.76 Å². The molecule has 0 bridgehead atoms. The topological polar surface area (TPSA) is 33.5 Å². The average molecular weight is 269 g/mol. The Balaban J connectivity index is 2.02. The maximum Gasteiger partial charge on any atom is 0.290 e. The van der Waals surface area contributed by atoms with Crippen LogP contribution in [0.15, 0.2) is 34.8 Å². The lowest BCUT2D eigenvalue weighted by Gasteiger charge is -2.22. The van der Waals surface area contributed by atoms with E-state index in [1.54, 1.807) is 0 Å². The minimum Gasteiger partial charge on any atom is -0.451 e. The second-order valence-electron chi connectivity index (χ2n) is 5.42. The first-order valence-electron chi connectivity index (χ1n) is 7.09. The van der Waals surface area contributed by atoms with Gasteiger partial charge in [0.1, 0.15) is 5.58 Å². The summed E-state index contributed by atoms with van der Waals surface area (Å²) in [5.74, 6) is 0.473. The fourth-order valence-electron chi connectivity index (χ4n) is 2.83. The van der Waals surface area contributed by atoms with E-state index < -0.39 is 0 Å². The first-order chi connectivity index (χ1) is 9.61. The summed E-state index contributed by atoms with van der Waals surface area (Å²) < 4.78 is 5.83. The fourth-order valence-corrected chi connectivity index (χ4v) is 2.83. The molecule has 0 saturated heterocycles. The Morgan fingerprint density at radius 1 is 1.40 bits per heavy atom. The van der Waals surface area contributed by atoms with Gasteiger partial charge >= 0.3 is 0 Å². The molecule has 2 aromatic rings. The molecule has 0 saturated carbocycles. The largest absolute Gasteiger partial charge is 0.451 e. The molecule has 0 aliphatic carbocycles. The molecule has 104 valence electrons. The molecule has 3 heteroatoms. The van der Waals surface area contributed by atoms with Crippen LogP contribution < -0.4 is 0 Å². The zero-order chi connectivity index (χ0) is 14.3. The lowest BCUT2D eigenvalue weighted by Crippen LogP contribution is -2.35. The second kappa shape index (κ2) is 4.82. The Morgan fingerprint density at radius 3 is 2.95 bits per heavy atom. The van der Waals surface area contributed by atoms with Crippen LogP contribution in [0.2, 0.25) is 0 Å². The maximum absolute atomic E-state index is 12.7. The van der Waals surface area contributed by atoms with Crippen LogP contribution in [0.5, 0.6) is 0 Å². The molecule has 3 rings (SSSR count). The molecule has 1 atom stereocenters. The van der Waals surface area contributed by atoms with Gasteiger partial charge in [-0.2, -0.15) is 0 Å². The van der Waals surface area contributed by atoms with Crippen LogP contribution in [0.25, 0.3) is 11.0 Å². The van der Waals surface area contributed by atoms with E-state index in [9.17, 15) is 4.79 Å². The molecule has 1 aromatic heterocycles. The number of rotatable bonds is 2. The van der Waals surface area contributed by atoms with Gasteiger partial charge in [-0.05, 0) is 31.9 Å². The van der Waals surface area contributed by atoms with Crippen LogP contribution >= 0.6 is 0 Å². The van der Waals surface area contributed by atoms with Crippen molar-refractivity contribution in [3.05, 3.63) is 47.2 Å². The molecule has 0 N–H and O–H groups in total. The van der Waals surface area contributed by atoms with Gasteiger partial charge in [0.25, 0.3) is 5.91 Å². The number of benzene rings is 1.